The van der Waals surface area contributed by atoms with E-state index in [4.69, 9.17) is 4.65 Å². The summed E-state index contributed by atoms with van der Waals surface area (Å²) in [4.78, 5) is 0. The van der Waals surface area contributed by atoms with Gasteiger partial charge in [0.25, 0.3) is 6.92 Å². The summed E-state index contributed by atoms with van der Waals surface area (Å²) < 4.78 is 5.40. The van der Waals surface area contributed by atoms with Crippen LogP contribution in [0.4, 0.5) is 0 Å². The van der Waals surface area contributed by atoms with Crippen molar-refractivity contribution in [3.05, 3.63) is 29.8 Å². The van der Waals surface area contributed by atoms with Crippen molar-refractivity contribution >= 4 is 12.4 Å². The van der Waals surface area contributed by atoms with Gasteiger partial charge in [0, 0.05) is 39.3 Å². The van der Waals surface area contributed by atoms with Crippen molar-refractivity contribution < 1.29 is 37.4 Å². The van der Waals surface area contributed by atoms with Crippen LogP contribution in [0.2, 0.25) is 6.82 Å². The van der Waals surface area contributed by atoms with Gasteiger partial charge in [-0.2, -0.15) is 29.7 Å². The Kier molecular flexibility index (Phi) is 3.29. The van der Waals surface area contributed by atoms with Gasteiger partial charge in [0.15, 0.2) is 0 Å². The van der Waals surface area contributed by atoms with Crippen LogP contribution in [0, 0.1) is 6.07 Å². The van der Waals surface area contributed by atoms with E-state index in [2.05, 4.69) is 19.0 Å². The van der Waals surface area contributed by atoms with E-state index < -0.39 is 0 Å². The topological polar surface area (TPSA) is 9.23 Å². The summed E-state index contributed by atoms with van der Waals surface area (Å²) in [5.74, 6) is 0. The molecule has 1 aliphatic rings. The Balaban J connectivity index is 0.000000605. The molecule has 3 heteroatoms. The van der Waals surface area contributed by atoms with Crippen molar-refractivity contribution in [3.8, 4) is 0 Å². The van der Waals surface area contributed by atoms with E-state index in [1.807, 2.05) is 12.1 Å². The van der Waals surface area contributed by atoms with Gasteiger partial charge in [0.05, 0.1) is 0 Å². The van der Waals surface area contributed by atoms with Crippen molar-refractivity contribution in [1.82, 2.24) is 0 Å². The van der Waals surface area contributed by atoms with Crippen LogP contribution < -0.4 is 5.46 Å². The standard InChI is InChI=1S/C8H8BO.Y/c1-9-8-5-3-2-4-7(8)6-10-9;/h3-5H,6H2,1H3;/q-1;. The molecular weight excluding hydrogens is 212 g/mol. The van der Waals surface area contributed by atoms with Gasteiger partial charge in [-0.1, -0.05) is 6.82 Å². The zero-order valence-electron chi connectivity index (χ0n) is 6.50. The minimum absolute atomic E-state index is 0. The number of fused-ring (bicyclic) bond motifs is 1. The van der Waals surface area contributed by atoms with E-state index in [1.165, 1.54) is 11.0 Å². The van der Waals surface area contributed by atoms with Gasteiger partial charge in [-0.15, -0.1) is 5.56 Å². The van der Waals surface area contributed by atoms with Gasteiger partial charge >= 0.3 is 0 Å². The summed E-state index contributed by atoms with van der Waals surface area (Å²) >= 11 is 0. The van der Waals surface area contributed by atoms with Crippen LogP contribution in [0.5, 0.6) is 0 Å². The third-order valence-corrected chi connectivity index (χ3v) is 1.91. The minimum atomic E-state index is 0. The van der Waals surface area contributed by atoms with Crippen LogP contribution in [0.25, 0.3) is 0 Å². The first-order valence-corrected chi connectivity index (χ1v) is 3.48. The Morgan fingerprint density at radius 3 is 3.18 bits per heavy atom. The maximum Gasteiger partial charge on any atom is 0.298 e. The normalized spacial score (nSPS) is 14.1. The molecule has 0 N–H and O–H groups in total. The van der Waals surface area contributed by atoms with Gasteiger partial charge in [0.1, 0.15) is 0 Å². The number of rotatable bonds is 0. The summed E-state index contributed by atoms with van der Waals surface area (Å²) in [6, 6.07) is 9.04. The Hall–Kier alpha value is 0.349. The summed E-state index contributed by atoms with van der Waals surface area (Å²) in [5, 5.41) is 0. The molecule has 2 rings (SSSR count). The first-order chi connectivity index (χ1) is 4.88. The summed E-state index contributed by atoms with van der Waals surface area (Å²) in [6.07, 6.45) is 0. The molecule has 0 amide bonds. The van der Waals surface area contributed by atoms with E-state index in [9.17, 15) is 0 Å². The van der Waals surface area contributed by atoms with E-state index in [0.29, 0.717) is 0 Å². The van der Waals surface area contributed by atoms with Crippen LogP contribution in [0.1, 0.15) is 5.56 Å². The first-order valence-electron chi connectivity index (χ1n) is 3.48. The van der Waals surface area contributed by atoms with Crippen molar-refractivity contribution in [2.75, 3.05) is 0 Å². The van der Waals surface area contributed by atoms with Crippen molar-refractivity contribution in [1.29, 1.82) is 0 Å². The molecule has 0 bridgehead atoms. The molecule has 1 aromatic rings. The quantitative estimate of drug-likeness (QED) is 0.465. The SMILES string of the molecule is CB1OCc2c[c-]ccc21.[Y]. The molecule has 1 aliphatic heterocycles. The molecule has 0 atom stereocenters. The average molecular weight is 220 g/mol. The fourth-order valence-corrected chi connectivity index (χ4v) is 1.30. The molecule has 11 heavy (non-hydrogen) atoms. The molecule has 1 aromatic carbocycles. The second kappa shape index (κ2) is 3.84. The second-order valence-electron chi connectivity index (χ2n) is 2.58. The molecule has 0 saturated heterocycles. The molecular formula is C8H8BOY-. The van der Waals surface area contributed by atoms with E-state index in [-0.39, 0.29) is 39.6 Å². The molecule has 1 nitrogen and oxygen atoms in total. The second-order valence-corrected chi connectivity index (χ2v) is 2.58. The molecule has 0 aliphatic carbocycles. The fourth-order valence-electron chi connectivity index (χ4n) is 1.30. The van der Waals surface area contributed by atoms with Crippen LogP contribution in [-0.4, -0.2) is 6.92 Å². The van der Waals surface area contributed by atoms with E-state index in [0.717, 1.165) is 6.61 Å². The molecule has 0 aromatic heterocycles. The zero-order valence-corrected chi connectivity index (χ0v) is 9.34. The Bertz CT molecular complexity index is 252. The third kappa shape index (κ3) is 1.74. The molecule has 53 valence electrons. The van der Waals surface area contributed by atoms with Gasteiger partial charge in [-0.05, 0) is 0 Å². The Morgan fingerprint density at radius 2 is 2.45 bits per heavy atom. The largest absolute Gasteiger partial charge is 0.440 e. The molecule has 0 fully saturated rings. The van der Waals surface area contributed by atoms with Gasteiger partial charge in [-0.25, -0.2) is 0 Å². The van der Waals surface area contributed by atoms with Crippen LogP contribution in [0.15, 0.2) is 18.2 Å². The first kappa shape index (κ1) is 9.44. The Morgan fingerprint density at radius 1 is 1.64 bits per heavy atom. The van der Waals surface area contributed by atoms with Crippen molar-refractivity contribution in [2.24, 2.45) is 0 Å². The number of benzene rings is 1. The number of hydrogen-bond donors (Lipinski definition) is 0. The summed E-state index contributed by atoms with van der Waals surface area (Å²) in [7, 11) is 0. The predicted molar refractivity (Wildman–Crippen MR) is 41.3 cm³/mol. The fraction of sp³-hybridized carbons (Fsp3) is 0.250. The smallest absolute Gasteiger partial charge is 0.298 e. The molecule has 0 spiro atoms. The van der Waals surface area contributed by atoms with Crippen LogP contribution >= 0.6 is 0 Å². The number of hydrogen-bond acceptors (Lipinski definition) is 1. The van der Waals surface area contributed by atoms with Crippen molar-refractivity contribution in [2.45, 2.75) is 13.4 Å². The minimum Gasteiger partial charge on any atom is -0.440 e. The third-order valence-electron chi connectivity index (χ3n) is 1.91. The van der Waals surface area contributed by atoms with Gasteiger partial charge in [0.2, 0.25) is 0 Å². The molecule has 0 unspecified atom stereocenters. The Labute approximate surface area is 92.5 Å². The van der Waals surface area contributed by atoms with Crippen LogP contribution in [-0.2, 0) is 44.0 Å². The van der Waals surface area contributed by atoms with Crippen LogP contribution in [0.3, 0.4) is 0 Å². The molecule has 0 saturated carbocycles. The zero-order chi connectivity index (χ0) is 6.97. The molecule has 1 radical (unpaired) electrons. The van der Waals surface area contributed by atoms with Crippen molar-refractivity contribution in [3.63, 3.8) is 0 Å². The maximum atomic E-state index is 5.40. The summed E-state index contributed by atoms with van der Waals surface area (Å²) in [5.41, 5.74) is 2.61. The van der Waals surface area contributed by atoms with Gasteiger partial charge in [-0.3, -0.25) is 0 Å². The van der Waals surface area contributed by atoms with E-state index >= 15 is 0 Å². The molecule has 1 heterocycles. The summed E-state index contributed by atoms with van der Waals surface area (Å²) in [6.45, 7) is 3.12. The average Bonchev–Trinajstić information content (AvgIpc) is 2.34. The van der Waals surface area contributed by atoms with E-state index in [1.54, 1.807) is 0 Å². The monoisotopic (exact) mass is 220 g/mol. The predicted octanol–water partition coefficient (Wildman–Crippen LogP) is 0.843. The van der Waals surface area contributed by atoms with Gasteiger partial charge < -0.3 is 4.65 Å². The maximum absolute atomic E-state index is 5.40.